The molecule has 3 heterocycles. The van der Waals surface area contributed by atoms with Gasteiger partial charge in [-0.05, 0) is 11.4 Å². The van der Waals surface area contributed by atoms with Crippen LogP contribution in [0.1, 0.15) is 18.2 Å². The van der Waals surface area contributed by atoms with Gasteiger partial charge in [0.25, 0.3) is 0 Å². The molecule has 1 fully saturated rings. The Bertz CT molecular complexity index is 505. The van der Waals surface area contributed by atoms with Crippen LogP contribution in [0.3, 0.4) is 0 Å². The van der Waals surface area contributed by atoms with Crippen LogP contribution in [0.15, 0.2) is 17.5 Å². The summed E-state index contributed by atoms with van der Waals surface area (Å²) in [5, 5.41) is 11.9. The van der Waals surface area contributed by atoms with Gasteiger partial charge in [0, 0.05) is 18.9 Å². The van der Waals surface area contributed by atoms with Crippen LogP contribution in [0.25, 0.3) is 10.7 Å². The van der Waals surface area contributed by atoms with Crippen molar-refractivity contribution in [2.75, 3.05) is 6.54 Å². The van der Waals surface area contributed by atoms with Gasteiger partial charge in [-0.3, -0.25) is 9.89 Å². The SMILES string of the molecule is O=C1CC(c2nc(-c3cccs3)n[nH]2)CN1. The third-order valence-corrected chi connectivity index (χ3v) is 3.47. The molecule has 16 heavy (non-hydrogen) atoms. The molecule has 5 nitrogen and oxygen atoms in total. The molecule has 1 atom stereocenters. The van der Waals surface area contributed by atoms with Crippen molar-refractivity contribution in [1.82, 2.24) is 20.5 Å². The lowest BCUT2D eigenvalue weighted by atomic mass is 10.1. The van der Waals surface area contributed by atoms with Crippen molar-refractivity contribution in [2.24, 2.45) is 0 Å². The number of amides is 1. The second kappa shape index (κ2) is 3.71. The van der Waals surface area contributed by atoms with E-state index in [4.69, 9.17) is 0 Å². The minimum atomic E-state index is 0.0825. The van der Waals surface area contributed by atoms with Gasteiger partial charge in [-0.1, -0.05) is 6.07 Å². The summed E-state index contributed by atoms with van der Waals surface area (Å²) in [5.41, 5.74) is 0. The highest BCUT2D eigenvalue weighted by Gasteiger charge is 2.26. The molecule has 2 N–H and O–H groups in total. The zero-order chi connectivity index (χ0) is 11.0. The molecular weight excluding hydrogens is 224 g/mol. The Kier molecular flexibility index (Phi) is 2.21. The predicted octanol–water partition coefficient (Wildman–Crippen LogP) is 1.14. The Morgan fingerprint density at radius 2 is 2.44 bits per heavy atom. The van der Waals surface area contributed by atoms with Gasteiger partial charge >= 0.3 is 0 Å². The number of rotatable bonds is 2. The number of carbonyl (C=O) groups is 1. The van der Waals surface area contributed by atoms with Gasteiger partial charge in [0.1, 0.15) is 5.82 Å². The Balaban J connectivity index is 1.85. The number of hydrogen-bond donors (Lipinski definition) is 2. The van der Waals surface area contributed by atoms with E-state index in [1.165, 1.54) is 0 Å². The first kappa shape index (κ1) is 9.53. The minimum absolute atomic E-state index is 0.0825. The second-order valence-electron chi connectivity index (χ2n) is 3.73. The molecule has 1 amide bonds. The molecule has 1 unspecified atom stereocenters. The third kappa shape index (κ3) is 1.61. The molecule has 82 valence electrons. The highest BCUT2D eigenvalue weighted by atomic mass is 32.1. The van der Waals surface area contributed by atoms with Crippen LogP contribution in [0, 0.1) is 0 Å². The largest absolute Gasteiger partial charge is 0.355 e. The summed E-state index contributed by atoms with van der Waals surface area (Å²) in [6.07, 6.45) is 0.499. The van der Waals surface area contributed by atoms with Crippen molar-refractivity contribution in [1.29, 1.82) is 0 Å². The fraction of sp³-hybridized carbons (Fsp3) is 0.300. The normalized spacial score (nSPS) is 20.0. The Hall–Kier alpha value is -1.69. The van der Waals surface area contributed by atoms with Crippen molar-refractivity contribution in [2.45, 2.75) is 12.3 Å². The first-order chi connectivity index (χ1) is 7.83. The number of aromatic amines is 1. The standard InChI is InChI=1S/C10H10N4OS/c15-8-4-6(5-11-8)9-12-10(14-13-9)7-2-1-3-16-7/h1-3,6H,4-5H2,(H,11,15)(H,12,13,14). The molecule has 0 aromatic carbocycles. The topological polar surface area (TPSA) is 70.7 Å². The smallest absolute Gasteiger partial charge is 0.220 e. The van der Waals surface area contributed by atoms with Gasteiger partial charge in [-0.2, -0.15) is 5.10 Å². The highest BCUT2D eigenvalue weighted by molar-refractivity contribution is 7.13. The Morgan fingerprint density at radius 1 is 1.50 bits per heavy atom. The van der Waals surface area contributed by atoms with Gasteiger partial charge in [0.15, 0.2) is 5.82 Å². The lowest BCUT2D eigenvalue weighted by molar-refractivity contribution is -0.119. The second-order valence-corrected chi connectivity index (χ2v) is 4.67. The van der Waals surface area contributed by atoms with Crippen molar-refractivity contribution in [3.63, 3.8) is 0 Å². The van der Waals surface area contributed by atoms with Crippen LogP contribution in [0.5, 0.6) is 0 Å². The maximum Gasteiger partial charge on any atom is 0.220 e. The molecule has 6 heteroatoms. The van der Waals surface area contributed by atoms with Crippen LogP contribution >= 0.6 is 11.3 Å². The number of thiophene rings is 1. The zero-order valence-corrected chi connectivity index (χ0v) is 9.25. The van der Waals surface area contributed by atoms with Crippen molar-refractivity contribution in [3.8, 4) is 10.7 Å². The number of nitrogens with zero attached hydrogens (tertiary/aromatic N) is 2. The lowest BCUT2D eigenvalue weighted by Gasteiger charge is -1.99. The molecule has 1 saturated heterocycles. The van der Waals surface area contributed by atoms with E-state index in [1.807, 2.05) is 17.5 Å². The minimum Gasteiger partial charge on any atom is -0.355 e. The number of aromatic nitrogens is 3. The maximum atomic E-state index is 11.1. The molecule has 0 radical (unpaired) electrons. The Morgan fingerprint density at radius 3 is 3.12 bits per heavy atom. The number of H-pyrrole nitrogens is 1. The van der Waals surface area contributed by atoms with Crippen LogP contribution < -0.4 is 5.32 Å². The summed E-state index contributed by atoms with van der Waals surface area (Å²) in [4.78, 5) is 16.6. The van der Waals surface area contributed by atoms with Gasteiger partial charge in [-0.15, -0.1) is 11.3 Å². The summed E-state index contributed by atoms with van der Waals surface area (Å²) in [5.74, 6) is 1.72. The molecule has 1 aliphatic rings. The fourth-order valence-corrected chi connectivity index (χ4v) is 2.43. The summed E-state index contributed by atoms with van der Waals surface area (Å²) in [7, 11) is 0. The molecule has 2 aromatic rings. The number of nitrogens with one attached hydrogen (secondary N) is 2. The summed E-state index contributed by atoms with van der Waals surface area (Å²) in [6.45, 7) is 0.651. The van der Waals surface area contributed by atoms with Crippen molar-refractivity contribution >= 4 is 17.2 Å². The van der Waals surface area contributed by atoms with E-state index in [0.717, 1.165) is 10.7 Å². The summed E-state index contributed by atoms with van der Waals surface area (Å²) in [6, 6.07) is 3.95. The van der Waals surface area contributed by atoms with Gasteiger partial charge in [0.2, 0.25) is 5.91 Å². The van der Waals surface area contributed by atoms with E-state index in [9.17, 15) is 4.79 Å². The average Bonchev–Trinajstić information content (AvgIpc) is 2.97. The molecule has 1 aliphatic heterocycles. The van der Waals surface area contributed by atoms with Crippen LogP contribution in [0.4, 0.5) is 0 Å². The molecular formula is C10H10N4OS. The van der Waals surface area contributed by atoms with E-state index < -0.39 is 0 Å². The van der Waals surface area contributed by atoms with Crippen LogP contribution in [0.2, 0.25) is 0 Å². The fourth-order valence-electron chi connectivity index (χ4n) is 1.77. The molecule has 3 rings (SSSR count). The van der Waals surface area contributed by atoms with Crippen LogP contribution in [-0.2, 0) is 4.79 Å². The van der Waals surface area contributed by atoms with E-state index in [1.54, 1.807) is 11.3 Å². The molecule has 0 spiro atoms. The monoisotopic (exact) mass is 234 g/mol. The quantitative estimate of drug-likeness (QED) is 0.818. The van der Waals surface area contributed by atoms with Gasteiger partial charge in [0.05, 0.1) is 4.88 Å². The van der Waals surface area contributed by atoms with Crippen molar-refractivity contribution in [3.05, 3.63) is 23.3 Å². The maximum absolute atomic E-state index is 11.1. The number of carbonyl (C=O) groups excluding carboxylic acids is 1. The van der Waals surface area contributed by atoms with Crippen LogP contribution in [-0.4, -0.2) is 27.6 Å². The molecule has 0 bridgehead atoms. The molecule has 0 aliphatic carbocycles. The van der Waals surface area contributed by atoms with Gasteiger partial charge in [-0.25, -0.2) is 4.98 Å². The zero-order valence-electron chi connectivity index (χ0n) is 8.43. The molecule has 2 aromatic heterocycles. The number of hydrogen-bond acceptors (Lipinski definition) is 4. The molecule has 0 saturated carbocycles. The average molecular weight is 234 g/mol. The van der Waals surface area contributed by atoms with E-state index in [-0.39, 0.29) is 11.8 Å². The first-order valence-electron chi connectivity index (χ1n) is 5.06. The van der Waals surface area contributed by atoms with Gasteiger partial charge < -0.3 is 5.32 Å². The van der Waals surface area contributed by atoms with E-state index in [0.29, 0.717) is 18.8 Å². The highest BCUT2D eigenvalue weighted by Crippen LogP contribution is 2.24. The predicted molar refractivity (Wildman–Crippen MR) is 60.1 cm³/mol. The van der Waals surface area contributed by atoms with E-state index in [2.05, 4.69) is 20.5 Å². The lowest BCUT2D eigenvalue weighted by Crippen LogP contribution is -2.13. The summed E-state index contributed by atoms with van der Waals surface area (Å²) < 4.78 is 0. The Labute approximate surface area is 95.9 Å². The first-order valence-corrected chi connectivity index (χ1v) is 5.94. The third-order valence-electron chi connectivity index (χ3n) is 2.61. The summed E-state index contributed by atoms with van der Waals surface area (Å²) >= 11 is 1.60. The van der Waals surface area contributed by atoms with E-state index >= 15 is 0 Å². The van der Waals surface area contributed by atoms with Crippen molar-refractivity contribution < 1.29 is 4.79 Å².